The average Bonchev–Trinajstić information content (AvgIpc) is 2.64. The predicted octanol–water partition coefficient (Wildman–Crippen LogP) is 2.26. The molecule has 5 atom stereocenters. The maximum atomic E-state index is 10.3. The van der Waals surface area contributed by atoms with Gasteiger partial charge in [-0.25, -0.2) is 0 Å². The molecule has 0 radical (unpaired) electrons. The second kappa shape index (κ2) is 8.56. The van der Waals surface area contributed by atoms with Crippen LogP contribution in [0.15, 0.2) is 60.7 Å². The quantitative estimate of drug-likeness (QED) is 0.841. The molecule has 0 unspecified atom stereocenters. The molecule has 5 heteroatoms. The van der Waals surface area contributed by atoms with E-state index in [1.807, 2.05) is 67.6 Å². The Bertz CT molecular complexity index is 633. The van der Waals surface area contributed by atoms with Crippen molar-refractivity contribution in [2.45, 2.75) is 50.8 Å². The molecule has 0 saturated carbocycles. The molecule has 2 aromatic carbocycles. The summed E-state index contributed by atoms with van der Waals surface area (Å²) in [6.07, 6.45) is -4.01. The third kappa shape index (κ3) is 4.66. The van der Waals surface area contributed by atoms with E-state index < -0.39 is 30.7 Å². The Morgan fingerprint density at radius 2 is 1.28 bits per heavy atom. The Balaban J connectivity index is 1.67. The molecule has 1 saturated heterocycles. The summed E-state index contributed by atoms with van der Waals surface area (Å²) < 4.78 is 17.3. The molecule has 5 nitrogen and oxygen atoms in total. The van der Waals surface area contributed by atoms with E-state index >= 15 is 0 Å². The number of benzene rings is 2. The van der Waals surface area contributed by atoms with Crippen molar-refractivity contribution < 1.29 is 24.4 Å². The van der Waals surface area contributed by atoms with Gasteiger partial charge in [0.15, 0.2) is 6.29 Å². The van der Waals surface area contributed by atoms with Crippen LogP contribution in [-0.2, 0) is 27.4 Å². The molecular formula is C20H24O5. The lowest BCUT2D eigenvalue weighted by atomic mass is 9.99. The van der Waals surface area contributed by atoms with Gasteiger partial charge in [-0.1, -0.05) is 60.7 Å². The maximum absolute atomic E-state index is 10.3. The van der Waals surface area contributed by atoms with E-state index in [4.69, 9.17) is 14.2 Å². The first-order chi connectivity index (χ1) is 12.1. The summed E-state index contributed by atoms with van der Waals surface area (Å²) in [5, 5.41) is 20.2. The van der Waals surface area contributed by atoms with Crippen molar-refractivity contribution >= 4 is 0 Å². The van der Waals surface area contributed by atoms with E-state index in [0.717, 1.165) is 11.1 Å². The summed E-state index contributed by atoms with van der Waals surface area (Å²) in [6.45, 7) is 2.52. The van der Waals surface area contributed by atoms with Crippen LogP contribution < -0.4 is 0 Å². The minimum Gasteiger partial charge on any atom is -0.385 e. The zero-order chi connectivity index (χ0) is 17.6. The molecule has 1 aliphatic rings. The summed E-state index contributed by atoms with van der Waals surface area (Å²) in [5.41, 5.74) is 2.02. The van der Waals surface area contributed by atoms with Gasteiger partial charge in [0.25, 0.3) is 0 Å². The van der Waals surface area contributed by atoms with Crippen molar-refractivity contribution in [3.8, 4) is 0 Å². The minimum atomic E-state index is -1.28. The fraction of sp³-hybridized carbons (Fsp3) is 0.400. The van der Waals surface area contributed by atoms with Gasteiger partial charge in [-0.2, -0.15) is 0 Å². The Labute approximate surface area is 147 Å². The van der Waals surface area contributed by atoms with Gasteiger partial charge >= 0.3 is 0 Å². The first kappa shape index (κ1) is 18.0. The smallest absolute Gasteiger partial charge is 0.183 e. The minimum absolute atomic E-state index is 0.327. The highest BCUT2D eigenvalue weighted by molar-refractivity contribution is 5.14. The molecule has 0 aliphatic carbocycles. The number of hydrogen-bond acceptors (Lipinski definition) is 5. The molecule has 134 valence electrons. The van der Waals surface area contributed by atoms with Gasteiger partial charge in [-0.05, 0) is 18.1 Å². The fourth-order valence-corrected chi connectivity index (χ4v) is 2.96. The lowest BCUT2D eigenvalue weighted by molar-refractivity contribution is -0.297. The van der Waals surface area contributed by atoms with Gasteiger partial charge in [-0.15, -0.1) is 0 Å². The molecule has 3 rings (SSSR count). The topological polar surface area (TPSA) is 68.2 Å². The molecule has 2 N–H and O–H groups in total. The molecule has 0 bridgehead atoms. The number of rotatable bonds is 6. The van der Waals surface area contributed by atoms with Gasteiger partial charge in [0.05, 0.1) is 19.3 Å². The highest BCUT2D eigenvalue weighted by Crippen LogP contribution is 2.26. The molecule has 0 spiro atoms. The van der Waals surface area contributed by atoms with Crippen molar-refractivity contribution in [3.63, 3.8) is 0 Å². The Hall–Kier alpha value is -1.76. The predicted molar refractivity (Wildman–Crippen MR) is 92.6 cm³/mol. The average molecular weight is 344 g/mol. The highest BCUT2D eigenvalue weighted by Gasteiger charge is 2.44. The van der Waals surface area contributed by atoms with Crippen LogP contribution in [0.4, 0.5) is 0 Å². The first-order valence-corrected chi connectivity index (χ1v) is 8.48. The van der Waals surface area contributed by atoms with Crippen molar-refractivity contribution in [1.29, 1.82) is 0 Å². The summed E-state index contributed by atoms with van der Waals surface area (Å²) in [4.78, 5) is 0. The van der Waals surface area contributed by atoms with Crippen molar-refractivity contribution in [2.75, 3.05) is 0 Å². The van der Waals surface area contributed by atoms with E-state index in [9.17, 15) is 10.2 Å². The highest BCUT2D eigenvalue weighted by atomic mass is 16.7. The molecular weight excluding hydrogens is 320 g/mol. The molecule has 25 heavy (non-hydrogen) atoms. The standard InChI is InChI=1S/C20H24O5/c1-14-18(23-12-15-8-4-2-5-9-15)19(17(21)20(22)25-14)24-13-16-10-6-3-7-11-16/h2-11,14,17-22H,12-13H2,1H3/t14-,17+,18-,19-,20+/m0/s1. The van der Waals surface area contributed by atoms with E-state index in [2.05, 4.69) is 0 Å². The fourth-order valence-electron chi connectivity index (χ4n) is 2.96. The number of aliphatic hydroxyl groups excluding tert-OH is 2. The largest absolute Gasteiger partial charge is 0.385 e. The molecule has 1 fully saturated rings. The molecule has 1 heterocycles. The van der Waals surface area contributed by atoms with Gasteiger partial charge in [-0.3, -0.25) is 0 Å². The van der Waals surface area contributed by atoms with Crippen molar-refractivity contribution in [1.82, 2.24) is 0 Å². The van der Waals surface area contributed by atoms with Gasteiger partial charge in [0.2, 0.25) is 0 Å². The second-order valence-electron chi connectivity index (χ2n) is 6.24. The van der Waals surface area contributed by atoms with E-state index in [-0.39, 0.29) is 0 Å². The SMILES string of the molecule is C[C@@H]1O[C@@H](O)[C@H](O)[C@H](OCc2ccccc2)[C@H]1OCc1ccccc1. The van der Waals surface area contributed by atoms with Gasteiger partial charge in [0.1, 0.15) is 18.3 Å². The van der Waals surface area contributed by atoms with Crippen molar-refractivity contribution in [3.05, 3.63) is 71.8 Å². The van der Waals surface area contributed by atoms with Crippen LogP contribution >= 0.6 is 0 Å². The van der Waals surface area contributed by atoms with E-state index in [0.29, 0.717) is 13.2 Å². The molecule has 0 amide bonds. The number of aliphatic hydroxyl groups is 2. The monoisotopic (exact) mass is 344 g/mol. The zero-order valence-electron chi connectivity index (χ0n) is 14.2. The lowest BCUT2D eigenvalue weighted by Gasteiger charge is -2.41. The van der Waals surface area contributed by atoms with Gasteiger partial charge < -0.3 is 24.4 Å². The van der Waals surface area contributed by atoms with E-state index in [1.165, 1.54) is 0 Å². The van der Waals surface area contributed by atoms with Crippen LogP contribution in [-0.4, -0.2) is 40.9 Å². The lowest BCUT2D eigenvalue weighted by Crippen LogP contribution is -2.58. The number of hydrogen-bond donors (Lipinski definition) is 2. The van der Waals surface area contributed by atoms with Crippen LogP contribution in [0.3, 0.4) is 0 Å². The van der Waals surface area contributed by atoms with Crippen molar-refractivity contribution in [2.24, 2.45) is 0 Å². The summed E-state index contributed by atoms with van der Waals surface area (Å²) in [5.74, 6) is 0. The summed E-state index contributed by atoms with van der Waals surface area (Å²) >= 11 is 0. The summed E-state index contributed by atoms with van der Waals surface area (Å²) in [7, 11) is 0. The zero-order valence-corrected chi connectivity index (χ0v) is 14.2. The maximum Gasteiger partial charge on any atom is 0.183 e. The van der Waals surface area contributed by atoms with Crippen LogP contribution in [0.1, 0.15) is 18.1 Å². The first-order valence-electron chi connectivity index (χ1n) is 8.48. The second-order valence-corrected chi connectivity index (χ2v) is 6.24. The van der Waals surface area contributed by atoms with Gasteiger partial charge in [0, 0.05) is 0 Å². The number of ether oxygens (including phenoxy) is 3. The molecule has 0 aromatic heterocycles. The Kier molecular flexibility index (Phi) is 6.18. The van der Waals surface area contributed by atoms with Crippen LogP contribution in [0.25, 0.3) is 0 Å². The third-order valence-electron chi connectivity index (χ3n) is 4.34. The Morgan fingerprint density at radius 3 is 1.80 bits per heavy atom. The third-order valence-corrected chi connectivity index (χ3v) is 4.34. The summed E-state index contributed by atoms with van der Waals surface area (Å²) in [6, 6.07) is 19.5. The molecule has 2 aromatic rings. The Morgan fingerprint density at radius 1 is 0.800 bits per heavy atom. The van der Waals surface area contributed by atoms with E-state index in [1.54, 1.807) is 0 Å². The van der Waals surface area contributed by atoms with Crippen LogP contribution in [0.5, 0.6) is 0 Å². The molecule has 1 aliphatic heterocycles. The van der Waals surface area contributed by atoms with Crippen LogP contribution in [0.2, 0.25) is 0 Å². The van der Waals surface area contributed by atoms with Crippen LogP contribution in [0, 0.1) is 0 Å². The normalized spacial score (nSPS) is 29.5.